The van der Waals surface area contributed by atoms with Crippen molar-refractivity contribution in [3.8, 4) is 33.9 Å². The molecule has 0 saturated heterocycles. The smallest absolute Gasteiger partial charge is 0.0973 e. The van der Waals surface area contributed by atoms with Crippen molar-refractivity contribution in [3.05, 3.63) is 206 Å². The number of fused-ring (bicyclic) bond motifs is 10. The van der Waals surface area contributed by atoms with Gasteiger partial charge in [-0.1, -0.05) is 127 Å². The van der Waals surface area contributed by atoms with Gasteiger partial charge in [-0.15, -0.1) is 0 Å². The Hall–Kier alpha value is -8.08. The zero-order chi connectivity index (χ0) is 39.3. The second-order valence-electron chi connectivity index (χ2n) is 15.8. The summed E-state index contributed by atoms with van der Waals surface area (Å²) in [6, 6.07) is 74.5. The SMILES string of the molecule is c1ccc2cc(-c3nc4ccccc4nc3-c3ccc(-n4c5ccc(-n6c7ccccc7c7cc8ccccc8cc76)cc5c5cc6ccccc6cc54)cc3)ccc2c1. The molecule has 0 unspecified atom stereocenters. The van der Waals surface area contributed by atoms with Crippen LogP contribution in [0.4, 0.5) is 0 Å². The lowest BCUT2D eigenvalue weighted by atomic mass is 10.0. The highest BCUT2D eigenvalue weighted by Gasteiger charge is 2.19. The van der Waals surface area contributed by atoms with Gasteiger partial charge in [0.15, 0.2) is 0 Å². The molecule has 0 amide bonds. The van der Waals surface area contributed by atoms with E-state index in [2.05, 4.69) is 191 Å². The van der Waals surface area contributed by atoms with Crippen LogP contribution in [0, 0.1) is 0 Å². The van der Waals surface area contributed by atoms with Gasteiger partial charge in [0.2, 0.25) is 0 Å². The maximum atomic E-state index is 5.25. The van der Waals surface area contributed by atoms with Crippen LogP contribution in [0.25, 0.3) is 121 Å². The summed E-state index contributed by atoms with van der Waals surface area (Å²) < 4.78 is 4.85. The van der Waals surface area contributed by atoms with Crippen molar-refractivity contribution in [1.29, 1.82) is 0 Å². The Morgan fingerprint density at radius 2 is 0.717 bits per heavy atom. The van der Waals surface area contributed by atoms with E-state index in [9.17, 15) is 0 Å². The third-order valence-corrected chi connectivity index (χ3v) is 12.4. The van der Waals surface area contributed by atoms with Gasteiger partial charge in [0, 0.05) is 44.0 Å². The van der Waals surface area contributed by atoms with Crippen molar-refractivity contribution < 1.29 is 0 Å². The molecule has 3 aromatic heterocycles. The fourth-order valence-corrected chi connectivity index (χ4v) is 9.55. The lowest BCUT2D eigenvalue weighted by molar-refractivity contribution is 1.17. The second kappa shape index (κ2) is 12.7. The van der Waals surface area contributed by atoms with Gasteiger partial charge in [-0.05, 0) is 111 Å². The predicted octanol–water partition coefficient (Wildman–Crippen LogP) is 14.6. The molecule has 4 heteroatoms. The Morgan fingerprint density at radius 3 is 1.38 bits per heavy atom. The average Bonchev–Trinajstić information content (AvgIpc) is 3.80. The van der Waals surface area contributed by atoms with E-state index in [1.54, 1.807) is 0 Å². The molecule has 4 nitrogen and oxygen atoms in total. The van der Waals surface area contributed by atoms with Gasteiger partial charge in [-0.25, -0.2) is 9.97 Å². The molecule has 0 aliphatic carbocycles. The molecule has 0 aliphatic rings. The van der Waals surface area contributed by atoms with E-state index in [1.807, 2.05) is 24.3 Å². The largest absolute Gasteiger partial charge is 0.309 e. The van der Waals surface area contributed by atoms with Crippen LogP contribution in [0.15, 0.2) is 206 Å². The minimum absolute atomic E-state index is 0.868. The van der Waals surface area contributed by atoms with E-state index in [-0.39, 0.29) is 0 Å². The Balaban J connectivity index is 1.01. The van der Waals surface area contributed by atoms with Crippen molar-refractivity contribution >= 4 is 87.0 Å². The molecule has 0 spiro atoms. The van der Waals surface area contributed by atoms with E-state index in [0.29, 0.717) is 0 Å². The number of hydrogen-bond donors (Lipinski definition) is 0. The van der Waals surface area contributed by atoms with Gasteiger partial charge in [0.1, 0.15) is 0 Å². The Bertz CT molecular complexity index is 3890. The summed E-state index contributed by atoms with van der Waals surface area (Å²) >= 11 is 0. The molecule has 0 atom stereocenters. The summed E-state index contributed by atoms with van der Waals surface area (Å²) in [5, 5.41) is 12.3. The van der Waals surface area contributed by atoms with Gasteiger partial charge in [-0.3, -0.25) is 0 Å². The summed E-state index contributed by atoms with van der Waals surface area (Å²) in [5.41, 5.74) is 12.5. The highest BCUT2D eigenvalue weighted by Crippen LogP contribution is 2.40. The van der Waals surface area contributed by atoms with Crippen molar-refractivity contribution in [2.45, 2.75) is 0 Å². The Morgan fingerprint density at radius 1 is 0.267 bits per heavy atom. The second-order valence-corrected chi connectivity index (χ2v) is 15.8. The van der Waals surface area contributed by atoms with Crippen molar-refractivity contribution in [2.24, 2.45) is 0 Å². The van der Waals surface area contributed by atoms with Gasteiger partial charge < -0.3 is 9.13 Å². The molecule has 278 valence electrons. The molecule has 0 bridgehead atoms. The Kier molecular flexibility index (Phi) is 6.98. The normalized spacial score (nSPS) is 12.0. The fraction of sp³-hybridized carbons (Fsp3) is 0. The van der Waals surface area contributed by atoms with E-state index in [1.165, 1.54) is 70.4 Å². The van der Waals surface area contributed by atoms with E-state index in [0.717, 1.165) is 50.4 Å². The van der Waals surface area contributed by atoms with E-state index >= 15 is 0 Å². The monoisotopic (exact) mass is 762 g/mol. The topological polar surface area (TPSA) is 35.6 Å². The van der Waals surface area contributed by atoms with E-state index in [4.69, 9.17) is 9.97 Å². The van der Waals surface area contributed by atoms with Crippen LogP contribution in [-0.4, -0.2) is 19.1 Å². The molecule has 60 heavy (non-hydrogen) atoms. The number of rotatable bonds is 4. The lowest BCUT2D eigenvalue weighted by Crippen LogP contribution is -1.97. The minimum Gasteiger partial charge on any atom is -0.309 e. The van der Waals surface area contributed by atoms with E-state index < -0.39 is 0 Å². The highest BCUT2D eigenvalue weighted by molar-refractivity contribution is 6.16. The van der Waals surface area contributed by atoms with Crippen LogP contribution in [0.5, 0.6) is 0 Å². The molecule has 0 saturated carbocycles. The maximum Gasteiger partial charge on any atom is 0.0973 e. The third-order valence-electron chi connectivity index (χ3n) is 12.4. The first-order chi connectivity index (χ1) is 29.7. The maximum absolute atomic E-state index is 5.25. The quantitative estimate of drug-likeness (QED) is 0.179. The number of para-hydroxylation sites is 3. The van der Waals surface area contributed by atoms with Crippen molar-refractivity contribution in [2.75, 3.05) is 0 Å². The first-order valence-electron chi connectivity index (χ1n) is 20.5. The molecule has 0 aliphatic heterocycles. The zero-order valence-electron chi connectivity index (χ0n) is 32.4. The molecular weight excluding hydrogens is 729 g/mol. The van der Waals surface area contributed by atoms with Crippen molar-refractivity contribution in [1.82, 2.24) is 19.1 Å². The average molecular weight is 763 g/mol. The number of nitrogens with zero attached hydrogens (tertiary/aromatic N) is 4. The summed E-state index contributed by atoms with van der Waals surface area (Å²) in [7, 11) is 0. The first kappa shape index (κ1) is 32.9. The minimum atomic E-state index is 0.868. The van der Waals surface area contributed by atoms with Crippen LogP contribution in [0.3, 0.4) is 0 Å². The summed E-state index contributed by atoms with van der Waals surface area (Å²) in [6.45, 7) is 0. The number of aromatic nitrogens is 4. The van der Waals surface area contributed by atoms with Crippen molar-refractivity contribution in [3.63, 3.8) is 0 Å². The van der Waals surface area contributed by atoms with Crippen LogP contribution in [0.2, 0.25) is 0 Å². The molecular formula is C56H34N4. The highest BCUT2D eigenvalue weighted by atomic mass is 15.0. The molecule has 10 aromatic carbocycles. The summed E-state index contributed by atoms with van der Waals surface area (Å²) in [5.74, 6) is 0. The number of hydrogen-bond acceptors (Lipinski definition) is 2. The van der Waals surface area contributed by atoms with Gasteiger partial charge in [0.05, 0.1) is 44.5 Å². The lowest BCUT2D eigenvalue weighted by Gasteiger charge is -2.13. The Labute approximate surface area is 344 Å². The van der Waals surface area contributed by atoms with Gasteiger partial charge in [-0.2, -0.15) is 0 Å². The van der Waals surface area contributed by atoms with Gasteiger partial charge in [0.25, 0.3) is 0 Å². The van der Waals surface area contributed by atoms with Crippen LogP contribution in [-0.2, 0) is 0 Å². The summed E-state index contributed by atoms with van der Waals surface area (Å²) in [6.07, 6.45) is 0. The standard InChI is InChI=1S/C56H34N4/c1-2-12-37-29-42(22-21-35(37)11-1)56-55(57-49-18-8-9-19-50(49)58-56)36-23-25-43(26-24-36)59-52-28-27-44(34-48(52)47-31-39-14-4-6-16-41(39)33-54(47)59)60-51-20-10-7-17-45(51)46-30-38-13-3-5-15-40(38)32-53(46)60/h1-34H. The van der Waals surface area contributed by atoms with Crippen LogP contribution >= 0.6 is 0 Å². The molecule has 0 N–H and O–H groups in total. The molecule has 3 heterocycles. The van der Waals surface area contributed by atoms with Crippen LogP contribution in [0.1, 0.15) is 0 Å². The molecule has 0 fully saturated rings. The predicted molar refractivity (Wildman–Crippen MR) is 252 cm³/mol. The van der Waals surface area contributed by atoms with Gasteiger partial charge >= 0.3 is 0 Å². The fourth-order valence-electron chi connectivity index (χ4n) is 9.55. The molecule has 0 radical (unpaired) electrons. The summed E-state index contributed by atoms with van der Waals surface area (Å²) in [4.78, 5) is 10.5. The first-order valence-corrected chi connectivity index (χ1v) is 20.5. The molecule has 13 rings (SSSR count). The molecule has 13 aromatic rings. The number of benzene rings is 10. The zero-order valence-corrected chi connectivity index (χ0v) is 32.4. The third kappa shape index (κ3) is 4.98. The van der Waals surface area contributed by atoms with Crippen LogP contribution < -0.4 is 0 Å².